The van der Waals surface area contributed by atoms with Crippen LogP contribution in [-0.2, 0) is 13.6 Å². The molecule has 0 atom stereocenters. The lowest BCUT2D eigenvalue weighted by Gasteiger charge is -2.09. The second kappa shape index (κ2) is 4.29. The molecule has 0 aliphatic carbocycles. The van der Waals surface area contributed by atoms with Gasteiger partial charge in [0, 0.05) is 24.0 Å². The fourth-order valence-electron chi connectivity index (χ4n) is 2.04. The summed E-state index contributed by atoms with van der Waals surface area (Å²) < 4.78 is 3.22. The number of nitrogens with two attached hydrogens (primary N) is 1. The minimum absolute atomic E-state index is 0.254. The molecule has 0 bridgehead atoms. The van der Waals surface area contributed by atoms with Gasteiger partial charge in [0.2, 0.25) is 0 Å². The first-order valence-electron chi connectivity index (χ1n) is 5.73. The molecule has 0 aromatic carbocycles. The lowest BCUT2D eigenvalue weighted by Crippen LogP contribution is -2.26. The zero-order valence-electron chi connectivity index (χ0n) is 11.1. The molecule has 2 rings (SSSR count). The molecule has 0 fully saturated rings. The van der Waals surface area contributed by atoms with Gasteiger partial charge in [-0.3, -0.25) is 9.25 Å². The second-order valence-corrected chi connectivity index (χ2v) is 4.48. The van der Waals surface area contributed by atoms with Crippen LogP contribution in [0.4, 0.5) is 5.82 Å². The Kier molecular flexibility index (Phi) is 2.94. The predicted octanol–water partition coefficient (Wildman–Crippen LogP) is 0.533. The van der Waals surface area contributed by atoms with Crippen LogP contribution in [0.25, 0.3) is 0 Å². The first-order valence-corrected chi connectivity index (χ1v) is 5.73. The van der Waals surface area contributed by atoms with Crippen molar-refractivity contribution >= 4 is 5.82 Å². The summed E-state index contributed by atoms with van der Waals surface area (Å²) in [7, 11) is 1.79. The van der Waals surface area contributed by atoms with Crippen LogP contribution in [0.15, 0.2) is 10.9 Å². The summed E-state index contributed by atoms with van der Waals surface area (Å²) in [6, 6.07) is 1.88. The van der Waals surface area contributed by atoms with Gasteiger partial charge >= 0.3 is 5.69 Å². The SMILES string of the molecule is Cc1cc(C)n(Cc2c(C)nn(C)c2N)c(=O)n1. The molecule has 96 valence electrons. The molecule has 18 heavy (non-hydrogen) atoms. The number of aromatic nitrogens is 4. The molecule has 0 unspecified atom stereocenters. The van der Waals surface area contributed by atoms with Crippen LogP contribution in [0, 0.1) is 20.8 Å². The molecular weight excluding hydrogens is 230 g/mol. The van der Waals surface area contributed by atoms with E-state index in [0.29, 0.717) is 12.4 Å². The summed E-state index contributed by atoms with van der Waals surface area (Å²) >= 11 is 0. The van der Waals surface area contributed by atoms with Crippen molar-refractivity contribution in [3.8, 4) is 0 Å². The molecular formula is C12H17N5O. The molecule has 0 saturated heterocycles. The molecule has 2 heterocycles. The highest BCUT2D eigenvalue weighted by Crippen LogP contribution is 2.16. The molecule has 0 aliphatic heterocycles. The van der Waals surface area contributed by atoms with Crippen molar-refractivity contribution in [2.45, 2.75) is 27.3 Å². The Morgan fingerprint density at radius 1 is 1.33 bits per heavy atom. The van der Waals surface area contributed by atoms with Crippen molar-refractivity contribution in [2.75, 3.05) is 5.73 Å². The van der Waals surface area contributed by atoms with Gasteiger partial charge in [-0.05, 0) is 26.8 Å². The van der Waals surface area contributed by atoms with E-state index in [4.69, 9.17) is 5.73 Å². The molecule has 6 nitrogen and oxygen atoms in total. The minimum atomic E-state index is -0.254. The number of nitrogens with zero attached hydrogens (tertiary/aromatic N) is 4. The molecule has 6 heteroatoms. The van der Waals surface area contributed by atoms with Crippen molar-refractivity contribution in [3.05, 3.63) is 39.2 Å². The van der Waals surface area contributed by atoms with Gasteiger partial charge < -0.3 is 5.73 Å². The third kappa shape index (κ3) is 2.01. The van der Waals surface area contributed by atoms with Gasteiger partial charge in [0.25, 0.3) is 0 Å². The topological polar surface area (TPSA) is 78.7 Å². The Morgan fingerprint density at radius 3 is 2.50 bits per heavy atom. The van der Waals surface area contributed by atoms with Crippen LogP contribution in [-0.4, -0.2) is 19.3 Å². The highest BCUT2D eigenvalue weighted by molar-refractivity contribution is 5.43. The van der Waals surface area contributed by atoms with E-state index in [0.717, 1.165) is 22.6 Å². The predicted molar refractivity (Wildman–Crippen MR) is 69.4 cm³/mol. The van der Waals surface area contributed by atoms with Crippen LogP contribution in [0.3, 0.4) is 0 Å². The highest BCUT2D eigenvalue weighted by Gasteiger charge is 2.13. The quantitative estimate of drug-likeness (QED) is 0.839. The minimum Gasteiger partial charge on any atom is -0.384 e. The van der Waals surface area contributed by atoms with Gasteiger partial charge in [0.05, 0.1) is 12.2 Å². The van der Waals surface area contributed by atoms with E-state index in [1.807, 2.05) is 26.8 Å². The number of nitrogen functional groups attached to an aromatic ring is 1. The van der Waals surface area contributed by atoms with Crippen molar-refractivity contribution in [3.63, 3.8) is 0 Å². The zero-order valence-corrected chi connectivity index (χ0v) is 11.1. The van der Waals surface area contributed by atoms with E-state index in [2.05, 4.69) is 10.1 Å². The van der Waals surface area contributed by atoms with Gasteiger partial charge in [-0.2, -0.15) is 10.1 Å². The lowest BCUT2D eigenvalue weighted by atomic mass is 10.2. The Labute approximate surface area is 105 Å². The number of hydrogen-bond acceptors (Lipinski definition) is 4. The third-order valence-corrected chi connectivity index (χ3v) is 3.06. The summed E-state index contributed by atoms with van der Waals surface area (Å²) in [4.78, 5) is 15.8. The molecule has 0 spiro atoms. The van der Waals surface area contributed by atoms with Gasteiger partial charge in [-0.25, -0.2) is 4.79 Å². The standard InChI is InChI=1S/C12H17N5O/c1-7-5-8(2)17(12(18)14-7)6-10-9(3)15-16(4)11(10)13/h5H,6,13H2,1-4H3. The van der Waals surface area contributed by atoms with Crippen molar-refractivity contribution in [1.29, 1.82) is 0 Å². The van der Waals surface area contributed by atoms with Gasteiger partial charge in [0.1, 0.15) is 5.82 Å². The molecule has 2 N–H and O–H groups in total. The zero-order chi connectivity index (χ0) is 13.4. The fraction of sp³-hybridized carbons (Fsp3) is 0.417. The van der Waals surface area contributed by atoms with Crippen molar-refractivity contribution in [1.82, 2.24) is 19.3 Å². The van der Waals surface area contributed by atoms with Crippen molar-refractivity contribution < 1.29 is 0 Å². The maximum absolute atomic E-state index is 11.9. The second-order valence-electron chi connectivity index (χ2n) is 4.48. The van der Waals surface area contributed by atoms with E-state index in [-0.39, 0.29) is 5.69 Å². The fourth-order valence-corrected chi connectivity index (χ4v) is 2.04. The summed E-state index contributed by atoms with van der Waals surface area (Å²) in [6.45, 7) is 5.98. The normalized spacial score (nSPS) is 10.9. The molecule has 2 aromatic heterocycles. The first kappa shape index (κ1) is 12.3. The number of hydrogen-bond donors (Lipinski definition) is 1. The van der Waals surface area contributed by atoms with E-state index < -0.39 is 0 Å². The average molecular weight is 247 g/mol. The molecule has 0 saturated carbocycles. The molecule has 0 aliphatic rings. The summed E-state index contributed by atoms with van der Waals surface area (Å²) in [5.74, 6) is 0.583. The van der Waals surface area contributed by atoms with Crippen LogP contribution >= 0.6 is 0 Å². The van der Waals surface area contributed by atoms with E-state index in [1.165, 1.54) is 0 Å². The molecule has 0 amide bonds. The number of anilines is 1. The van der Waals surface area contributed by atoms with Gasteiger partial charge in [-0.15, -0.1) is 0 Å². The number of rotatable bonds is 2. The maximum atomic E-state index is 11.9. The Morgan fingerprint density at radius 2 is 2.00 bits per heavy atom. The Balaban J connectivity index is 2.50. The Bertz CT molecular complexity index is 653. The number of aryl methyl sites for hydroxylation is 4. The van der Waals surface area contributed by atoms with Crippen LogP contribution in [0.2, 0.25) is 0 Å². The summed E-state index contributed by atoms with van der Waals surface area (Å²) in [5, 5.41) is 4.24. The van der Waals surface area contributed by atoms with E-state index in [1.54, 1.807) is 16.3 Å². The molecule has 0 radical (unpaired) electrons. The average Bonchev–Trinajstić information content (AvgIpc) is 2.48. The largest absolute Gasteiger partial charge is 0.384 e. The van der Waals surface area contributed by atoms with Crippen LogP contribution in [0.5, 0.6) is 0 Å². The van der Waals surface area contributed by atoms with E-state index in [9.17, 15) is 4.79 Å². The van der Waals surface area contributed by atoms with Crippen LogP contribution in [0.1, 0.15) is 22.6 Å². The smallest absolute Gasteiger partial charge is 0.348 e. The Hall–Kier alpha value is -2.11. The summed E-state index contributed by atoms with van der Waals surface area (Å²) in [6.07, 6.45) is 0. The highest BCUT2D eigenvalue weighted by atomic mass is 16.1. The van der Waals surface area contributed by atoms with Gasteiger partial charge in [0.15, 0.2) is 0 Å². The van der Waals surface area contributed by atoms with Gasteiger partial charge in [-0.1, -0.05) is 0 Å². The first-order chi connectivity index (χ1) is 8.40. The molecule has 2 aromatic rings. The van der Waals surface area contributed by atoms with Crippen molar-refractivity contribution in [2.24, 2.45) is 7.05 Å². The van der Waals surface area contributed by atoms with Crippen LogP contribution < -0.4 is 11.4 Å². The monoisotopic (exact) mass is 247 g/mol. The van der Waals surface area contributed by atoms with E-state index >= 15 is 0 Å². The maximum Gasteiger partial charge on any atom is 0.348 e. The summed E-state index contributed by atoms with van der Waals surface area (Å²) in [5.41, 5.74) is 8.99. The lowest BCUT2D eigenvalue weighted by molar-refractivity contribution is 0.692. The third-order valence-electron chi connectivity index (χ3n) is 3.06.